The van der Waals surface area contributed by atoms with Gasteiger partial charge in [-0.15, -0.1) is 11.8 Å². The van der Waals surface area contributed by atoms with Crippen LogP contribution in [-0.2, 0) is 6.42 Å². The van der Waals surface area contributed by atoms with Crippen LogP contribution in [0.1, 0.15) is 19.4 Å². The molecule has 0 saturated heterocycles. The molecule has 19 heavy (non-hydrogen) atoms. The van der Waals surface area contributed by atoms with Gasteiger partial charge in [0.2, 0.25) is 0 Å². The van der Waals surface area contributed by atoms with Crippen molar-refractivity contribution in [3.63, 3.8) is 0 Å². The van der Waals surface area contributed by atoms with E-state index in [1.165, 1.54) is 32.3 Å². The molecule has 0 aromatic heterocycles. The highest BCUT2D eigenvalue weighted by atomic mass is 79.9. The molecule has 3 heteroatoms. The van der Waals surface area contributed by atoms with Gasteiger partial charge in [-0.25, -0.2) is 0 Å². The van der Waals surface area contributed by atoms with E-state index in [4.69, 9.17) is 0 Å². The Labute approximate surface area is 132 Å². The Bertz CT molecular complexity index is 443. The van der Waals surface area contributed by atoms with E-state index in [0.717, 1.165) is 6.42 Å². The molecular formula is C16H25BrSSi. The first-order valence-electron chi connectivity index (χ1n) is 6.83. The number of benzene rings is 1. The molecule has 0 aliphatic carbocycles. The van der Waals surface area contributed by atoms with Gasteiger partial charge in [0, 0.05) is 17.4 Å². The molecule has 0 aliphatic heterocycles. The van der Waals surface area contributed by atoms with Crippen LogP contribution in [-0.4, -0.2) is 13.8 Å². The standard InChI is InChI=1S/C16H25BrSSi/c1-13(2)9-10-14-7-6-8-15(17)16(14)18-11-12-19(3,4)5/h6-9H,10-12H2,1-5H3. The molecule has 0 fully saturated rings. The zero-order valence-electron chi connectivity index (χ0n) is 12.7. The second kappa shape index (κ2) is 7.70. The molecule has 0 bridgehead atoms. The smallest absolute Gasteiger partial charge is 0.0450 e. The fourth-order valence-electron chi connectivity index (χ4n) is 1.65. The van der Waals surface area contributed by atoms with E-state index >= 15 is 0 Å². The van der Waals surface area contributed by atoms with E-state index in [1.807, 2.05) is 11.8 Å². The van der Waals surface area contributed by atoms with Crippen LogP contribution in [0.3, 0.4) is 0 Å². The maximum atomic E-state index is 3.70. The minimum Gasteiger partial charge on any atom is -0.125 e. The van der Waals surface area contributed by atoms with Crippen molar-refractivity contribution >= 4 is 35.8 Å². The highest BCUT2D eigenvalue weighted by Crippen LogP contribution is 2.33. The van der Waals surface area contributed by atoms with E-state index in [2.05, 4.69) is 73.7 Å². The van der Waals surface area contributed by atoms with Gasteiger partial charge in [0.1, 0.15) is 0 Å². The lowest BCUT2D eigenvalue weighted by molar-refractivity contribution is 1.14. The van der Waals surface area contributed by atoms with Crippen LogP contribution in [0.4, 0.5) is 0 Å². The summed E-state index contributed by atoms with van der Waals surface area (Å²) in [6.07, 6.45) is 3.35. The fraction of sp³-hybridized carbons (Fsp3) is 0.500. The van der Waals surface area contributed by atoms with Crippen LogP contribution >= 0.6 is 27.7 Å². The monoisotopic (exact) mass is 356 g/mol. The summed E-state index contributed by atoms with van der Waals surface area (Å²) >= 11 is 5.72. The summed E-state index contributed by atoms with van der Waals surface area (Å²) in [5, 5.41) is 0. The Hall–Kier alpha value is 0.00688. The number of thioether (sulfide) groups is 1. The summed E-state index contributed by atoms with van der Waals surface area (Å²) < 4.78 is 1.24. The summed E-state index contributed by atoms with van der Waals surface area (Å²) in [7, 11) is -0.930. The fourth-order valence-corrected chi connectivity index (χ4v) is 6.00. The minimum atomic E-state index is -0.930. The Morgan fingerprint density at radius 2 is 1.95 bits per heavy atom. The van der Waals surface area contributed by atoms with Gasteiger partial charge in [-0.05, 0) is 59.6 Å². The van der Waals surface area contributed by atoms with Gasteiger partial charge in [0.25, 0.3) is 0 Å². The molecule has 106 valence electrons. The number of hydrogen-bond acceptors (Lipinski definition) is 1. The molecule has 0 saturated carbocycles. The van der Waals surface area contributed by atoms with Crippen LogP contribution in [0.25, 0.3) is 0 Å². The Morgan fingerprint density at radius 3 is 2.53 bits per heavy atom. The summed E-state index contributed by atoms with van der Waals surface area (Å²) in [5.41, 5.74) is 2.83. The zero-order chi connectivity index (χ0) is 14.5. The quantitative estimate of drug-likeness (QED) is 0.323. The molecule has 0 spiro atoms. The van der Waals surface area contributed by atoms with Crippen LogP contribution in [0, 0.1) is 0 Å². The summed E-state index contributed by atoms with van der Waals surface area (Å²) in [4.78, 5) is 1.43. The number of hydrogen-bond donors (Lipinski definition) is 0. The third kappa shape index (κ3) is 6.82. The summed E-state index contributed by atoms with van der Waals surface area (Å²) in [5.74, 6) is 1.24. The predicted octanol–water partition coefficient (Wildman–Crippen LogP) is 6.39. The maximum Gasteiger partial charge on any atom is 0.0450 e. The van der Waals surface area contributed by atoms with Gasteiger partial charge >= 0.3 is 0 Å². The molecule has 0 radical (unpaired) electrons. The van der Waals surface area contributed by atoms with E-state index in [1.54, 1.807) is 0 Å². The SMILES string of the molecule is CC(C)=CCc1cccc(Br)c1SCC[Si](C)(C)C. The average molecular weight is 357 g/mol. The van der Waals surface area contributed by atoms with E-state index in [0.29, 0.717) is 0 Å². The normalized spacial score (nSPS) is 11.5. The molecule has 1 aromatic rings. The molecular weight excluding hydrogens is 332 g/mol. The third-order valence-electron chi connectivity index (χ3n) is 2.88. The van der Waals surface area contributed by atoms with Gasteiger partial charge in [-0.2, -0.15) is 0 Å². The van der Waals surface area contributed by atoms with Gasteiger partial charge in [-0.1, -0.05) is 43.4 Å². The van der Waals surface area contributed by atoms with Gasteiger partial charge in [0.15, 0.2) is 0 Å². The van der Waals surface area contributed by atoms with Crippen molar-refractivity contribution in [1.29, 1.82) is 0 Å². The Kier molecular flexibility index (Phi) is 6.91. The highest BCUT2D eigenvalue weighted by Gasteiger charge is 2.14. The largest absolute Gasteiger partial charge is 0.125 e. The van der Waals surface area contributed by atoms with Gasteiger partial charge in [-0.3, -0.25) is 0 Å². The Morgan fingerprint density at radius 1 is 1.26 bits per heavy atom. The second-order valence-corrected chi connectivity index (χ2v) is 14.0. The topological polar surface area (TPSA) is 0 Å². The van der Waals surface area contributed by atoms with Crippen molar-refractivity contribution in [2.45, 2.75) is 50.8 Å². The van der Waals surface area contributed by atoms with Crippen LogP contribution in [0.2, 0.25) is 25.7 Å². The van der Waals surface area contributed by atoms with Crippen molar-refractivity contribution in [3.8, 4) is 0 Å². The first-order chi connectivity index (χ1) is 8.79. The first kappa shape index (κ1) is 17.1. The zero-order valence-corrected chi connectivity index (χ0v) is 16.1. The molecule has 1 rings (SSSR count). The van der Waals surface area contributed by atoms with Crippen molar-refractivity contribution in [2.24, 2.45) is 0 Å². The highest BCUT2D eigenvalue weighted by molar-refractivity contribution is 9.10. The van der Waals surface area contributed by atoms with Crippen molar-refractivity contribution < 1.29 is 0 Å². The molecule has 0 amide bonds. The molecule has 0 nitrogen and oxygen atoms in total. The van der Waals surface area contributed by atoms with Gasteiger partial charge < -0.3 is 0 Å². The lowest BCUT2D eigenvalue weighted by Crippen LogP contribution is -2.19. The molecule has 0 N–H and O–H groups in total. The van der Waals surface area contributed by atoms with Crippen molar-refractivity contribution in [2.75, 3.05) is 5.75 Å². The van der Waals surface area contributed by atoms with Crippen LogP contribution in [0.5, 0.6) is 0 Å². The summed E-state index contributed by atoms with van der Waals surface area (Å²) in [6.45, 7) is 11.7. The summed E-state index contributed by atoms with van der Waals surface area (Å²) in [6, 6.07) is 7.92. The molecule has 0 heterocycles. The molecule has 0 unspecified atom stereocenters. The first-order valence-corrected chi connectivity index (χ1v) is 12.3. The van der Waals surface area contributed by atoms with E-state index in [9.17, 15) is 0 Å². The molecule has 0 atom stereocenters. The second-order valence-electron chi connectivity index (χ2n) is 6.37. The molecule has 1 aromatic carbocycles. The number of allylic oxidation sites excluding steroid dienone is 2. The third-order valence-corrected chi connectivity index (χ3v) is 7.09. The van der Waals surface area contributed by atoms with Crippen LogP contribution < -0.4 is 0 Å². The predicted molar refractivity (Wildman–Crippen MR) is 96.2 cm³/mol. The van der Waals surface area contributed by atoms with Gasteiger partial charge in [0.05, 0.1) is 0 Å². The molecule has 0 aliphatic rings. The lowest BCUT2D eigenvalue weighted by atomic mass is 10.1. The lowest BCUT2D eigenvalue weighted by Gasteiger charge is -2.16. The maximum absolute atomic E-state index is 3.70. The van der Waals surface area contributed by atoms with Crippen LogP contribution in [0.15, 0.2) is 39.2 Å². The van der Waals surface area contributed by atoms with Crippen molar-refractivity contribution in [3.05, 3.63) is 39.9 Å². The van der Waals surface area contributed by atoms with E-state index in [-0.39, 0.29) is 0 Å². The number of halogens is 1. The number of rotatable bonds is 6. The van der Waals surface area contributed by atoms with Crippen molar-refractivity contribution in [1.82, 2.24) is 0 Å². The van der Waals surface area contributed by atoms with E-state index < -0.39 is 8.07 Å². The Balaban J connectivity index is 2.77. The minimum absolute atomic E-state index is 0.930. The average Bonchev–Trinajstić information content (AvgIpc) is 2.27.